The summed E-state index contributed by atoms with van der Waals surface area (Å²) in [6.07, 6.45) is 7.14. The van der Waals surface area contributed by atoms with Crippen molar-refractivity contribution in [2.24, 2.45) is 27.4 Å². The molecule has 2 unspecified atom stereocenters. The third kappa shape index (κ3) is 1.20. The van der Waals surface area contributed by atoms with E-state index in [9.17, 15) is 0 Å². The Morgan fingerprint density at radius 1 is 0.867 bits per heavy atom. The minimum atomic E-state index is 0. The lowest BCUT2D eigenvalue weighted by atomic mass is 9.61. The molecule has 0 amide bonds. The van der Waals surface area contributed by atoms with Gasteiger partial charge in [0.2, 0.25) is 0 Å². The molecule has 0 aliphatic heterocycles. The van der Waals surface area contributed by atoms with Crippen LogP contribution in [0.25, 0.3) is 0 Å². The highest BCUT2D eigenvalue weighted by atomic mass is 35.5. The van der Waals surface area contributed by atoms with Crippen molar-refractivity contribution < 1.29 is 0 Å². The molecule has 2 atom stereocenters. The van der Waals surface area contributed by atoms with E-state index in [0.717, 1.165) is 6.54 Å². The Labute approximate surface area is 99.6 Å². The lowest BCUT2D eigenvalue weighted by Crippen LogP contribution is -2.38. The normalized spacial score (nSPS) is 60.8. The van der Waals surface area contributed by atoms with Gasteiger partial charge in [-0.15, -0.1) is 12.4 Å². The van der Waals surface area contributed by atoms with Gasteiger partial charge in [-0.25, -0.2) is 0 Å². The molecule has 0 aromatic carbocycles. The molecule has 0 aromatic heterocycles. The fourth-order valence-electron chi connectivity index (χ4n) is 6.24. The molecule has 2 N–H and O–H groups in total. The predicted molar refractivity (Wildman–Crippen MR) is 66.1 cm³/mol. The van der Waals surface area contributed by atoms with Gasteiger partial charge in [0, 0.05) is 0 Å². The smallest absolute Gasteiger partial charge is 0.00149 e. The number of nitrogens with two attached hydrogens (primary N) is 1. The van der Waals surface area contributed by atoms with E-state index < -0.39 is 0 Å². The molecule has 4 aliphatic rings. The molecule has 4 saturated carbocycles. The summed E-state index contributed by atoms with van der Waals surface area (Å²) in [7, 11) is 0. The van der Waals surface area contributed by atoms with E-state index >= 15 is 0 Å². The Hall–Kier alpha value is 0.250. The molecule has 0 aromatic rings. The number of hydrogen-bond acceptors (Lipinski definition) is 1. The van der Waals surface area contributed by atoms with Crippen LogP contribution < -0.4 is 5.73 Å². The Balaban J connectivity index is 0.000000853. The molecule has 0 saturated heterocycles. The van der Waals surface area contributed by atoms with Gasteiger partial charge in [0.1, 0.15) is 0 Å². The zero-order valence-electron chi connectivity index (χ0n) is 10.2. The van der Waals surface area contributed by atoms with E-state index in [1.165, 1.54) is 32.1 Å². The summed E-state index contributed by atoms with van der Waals surface area (Å²) >= 11 is 0. The van der Waals surface area contributed by atoms with Crippen molar-refractivity contribution in [2.45, 2.75) is 52.9 Å². The van der Waals surface area contributed by atoms with Crippen LogP contribution in [0.15, 0.2) is 0 Å². The third-order valence-corrected chi connectivity index (χ3v) is 5.69. The van der Waals surface area contributed by atoms with Crippen LogP contribution in [-0.2, 0) is 0 Å². The second kappa shape index (κ2) is 2.73. The van der Waals surface area contributed by atoms with Crippen molar-refractivity contribution >= 4 is 12.4 Å². The van der Waals surface area contributed by atoms with Crippen LogP contribution >= 0.6 is 12.4 Å². The highest BCUT2D eigenvalue weighted by Gasteiger charge is 2.70. The van der Waals surface area contributed by atoms with Crippen molar-refractivity contribution in [2.75, 3.05) is 6.54 Å². The van der Waals surface area contributed by atoms with Crippen LogP contribution in [0.1, 0.15) is 52.9 Å². The first kappa shape index (κ1) is 11.7. The van der Waals surface area contributed by atoms with Gasteiger partial charge in [0.25, 0.3) is 0 Å². The van der Waals surface area contributed by atoms with Gasteiger partial charge in [-0.3, -0.25) is 0 Å². The Kier molecular flexibility index (Phi) is 2.14. The number of halogens is 1. The predicted octanol–water partition coefficient (Wildman–Crippen LogP) is 3.36. The van der Waals surface area contributed by atoms with Gasteiger partial charge < -0.3 is 5.73 Å². The van der Waals surface area contributed by atoms with Crippen molar-refractivity contribution in [3.8, 4) is 0 Å². The summed E-state index contributed by atoms with van der Waals surface area (Å²) in [5.74, 6) is 0. The summed E-state index contributed by atoms with van der Waals surface area (Å²) in [5, 5.41) is 0. The molecule has 4 rings (SSSR count). The molecule has 2 heteroatoms. The third-order valence-electron chi connectivity index (χ3n) is 5.69. The van der Waals surface area contributed by atoms with Crippen molar-refractivity contribution in [3.05, 3.63) is 0 Å². The van der Waals surface area contributed by atoms with Gasteiger partial charge in [-0.2, -0.15) is 0 Å². The topological polar surface area (TPSA) is 26.0 Å². The maximum absolute atomic E-state index is 6.10. The summed E-state index contributed by atoms with van der Waals surface area (Å²) in [6, 6.07) is 0. The van der Waals surface area contributed by atoms with E-state index in [1.54, 1.807) is 0 Å². The average molecular weight is 230 g/mol. The molecule has 1 nitrogen and oxygen atoms in total. The highest BCUT2D eigenvalue weighted by molar-refractivity contribution is 5.85. The molecular weight excluding hydrogens is 206 g/mol. The molecule has 0 spiro atoms. The Bertz CT molecular complexity index is 281. The fraction of sp³-hybridized carbons (Fsp3) is 1.00. The average Bonchev–Trinajstić information content (AvgIpc) is 2.22. The van der Waals surface area contributed by atoms with Gasteiger partial charge >= 0.3 is 0 Å². The van der Waals surface area contributed by atoms with Gasteiger partial charge in [-0.05, 0) is 60.3 Å². The fourth-order valence-corrected chi connectivity index (χ4v) is 6.24. The first-order valence-electron chi connectivity index (χ1n) is 6.05. The first-order chi connectivity index (χ1) is 6.35. The molecule has 88 valence electrons. The van der Waals surface area contributed by atoms with Gasteiger partial charge in [0.05, 0.1) is 0 Å². The molecule has 0 heterocycles. The maximum Gasteiger partial charge on any atom is -0.00149 e. The van der Waals surface area contributed by atoms with Gasteiger partial charge in [0.15, 0.2) is 0 Å². The van der Waals surface area contributed by atoms with Crippen LogP contribution in [0.2, 0.25) is 0 Å². The number of hydrogen-bond donors (Lipinski definition) is 1. The van der Waals surface area contributed by atoms with Crippen LogP contribution in [0.5, 0.6) is 0 Å². The highest BCUT2D eigenvalue weighted by Crippen LogP contribution is 2.79. The molecule has 4 aliphatic carbocycles. The monoisotopic (exact) mass is 229 g/mol. The molecule has 15 heavy (non-hydrogen) atoms. The quantitative estimate of drug-likeness (QED) is 0.733. The van der Waals surface area contributed by atoms with E-state index in [4.69, 9.17) is 5.73 Å². The van der Waals surface area contributed by atoms with Crippen LogP contribution in [-0.4, -0.2) is 6.54 Å². The van der Waals surface area contributed by atoms with E-state index in [0.29, 0.717) is 21.7 Å². The second-order valence-electron chi connectivity index (χ2n) is 7.55. The molecule has 4 bridgehead atoms. The van der Waals surface area contributed by atoms with Gasteiger partial charge in [-0.1, -0.05) is 20.8 Å². The minimum absolute atomic E-state index is 0. The Morgan fingerprint density at radius 2 is 1.33 bits per heavy atom. The maximum atomic E-state index is 6.10. The number of rotatable bonds is 1. The van der Waals surface area contributed by atoms with Crippen LogP contribution in [0.3, 0.4) is 0 Å². The van der Waals surface area contributed by atoms with Crippen molar-refractivity contribution in [1.82, 2.24) is 0 Å². The second-order valence-corrected chi connectivity index (χ2v) is 7.55. The molecule has 4 fully saturated rings. The lowest BCUT2D eigenvalue weighted by Gasteiger charge is -2.44. The standard InChI is InChI=1S/C13H23N.ClH/c1-10-4-11(2)6-12(3,5-10)13(7-10,8-11)9-14;/h4-9,14H2,1-3H3;1H. The summed E-state index contributed by atoms with van der Waals surface area (Å²) in [5.41, 5.74) is 8.43. The first-order valence-corrected chi connectivity index (χ1v) is 6.05. The van der Waals surface area contributed by atoms with E-state index in [-0.39, 0.29) is 12.4 Å². The summed E-state index contributed by atoms with van der Waals surface area (Å²) in [6.45, 7) is 8.43. The van der Waals surface area contributed by atoms with E-state index in [2.05, 4.69) is 20.8 Å². The lowest BCUT2D eigenvalue weighted by molar-refractivity contribution is 0.0664. The summed E-state index contributed by atoms with van der Waals surface area (Å²) < 4.78 is 0. The Morgan fingerprint density at radius 3 is 1.67 bits per heavy atom. The molecular formula is C13H24ClN. The van der Waals surface area contributed by atoms with Crippen molar-refractivity contribution in [1.29, 1.82) is 0 Å². The summed E-state index contributed by atoms with van der Waals surface area (Å²) in [4.78, 5) is 0. The zero-order chi connectivity index (χ0) is 10.2. The minimum Gasteiger partial charge on any atom is -0.330 e. The van der Waals surface area contributed by atoms with Crippen molar-refractivity contribution in [3.63, 3.8) is 0 Å². The van der Waals surface area contributed by atoms with Crippen LogP contribution in [0.4, 0.5) is 0 Å². The molecule has 0 radical (unpaired) electrons. The zero-order valence-corrected chi connectivity index (χ0v) is 11.0. The largest absolute Gasteiger partial charge is 0.330 e. The SMILES string of the molecule is CC12CC3(C)CC(C)(C1)C(CN)(C2)C3.Cl. The van der Waals surface area contributed by atoms with Crippen LogP contribution in [0, 0.1) is 21.7 Å². The van der Waals surface area contributed by atoms with E-state index in [1.807, 2.05) is 0 Å².